The Balaban J connectivity index is 1.89. The molecule has 1 atom stereocenters. The number of Topliss-reactive ketones (excluding diaryl/α,β-unsaturated/α-hetero) is 1. The van der Waals surface area contributed by atoms with Crippen LogP contribution in [0.15, 0.2) is 22.7 Å². The second-order valence-corrected chi connectivity index (χ2v) is 6.35. The monoisotopic (exact) mass is 336 g/mol. The van der Waals surface area contributed by atoms with Crippen LogP contribution in [0.3, 0.4) is 0 Å². The van der Waals surface area contributed by atoms with Crippen LogP contribution in [-0.4, -0.2) is 35.8 Å². The van der Waals surface area contributed by atoms with Crippen molar-refractivity contribution >= 4 is 33.3 Å². The molecule has 5 heteroatoms. The van der Waals surface area contributed by atoms with Crippen molar-refractivity contribution in [1.82, 2.24) is 4.90 Å². The van der Waals surface area contributed by atoms with E-state index in [0.29, 0.717) is 22.7 Å². The number of carbonyl (C=O) groups excluding carboxylic acids is 2. The van der Waals surface area contributed by atoms with Gasteiger partial charge in [0.2, 0.25) is 0 Å². The van der Waals surface area contributed by atoms with Crippen LogP contribution in [0.25, 0.3) is 0 Å². The molecule has 0 saturated carbocycles. The second kappa shape index (κ2) is 5.30. The molecule has 2 aliphatic rings. The van der Waals surface area contributed by atoms with Gasteiger partial charge in [-0.3, -0.25) is 19.4 Å². The molecule has 0 unspecified atom stereocenters. The summed E-state index contributed by atoms with van der Waals surface area (Å²) in [6.07, 6.45) is 3.56. The third-order valence-corrected chi connectivity index (χ3v) is 4.87. The Hall–Kier alpha value is -1.20. The Bertz CT molecular complexity index is 573. The molecule has 0 spiro atoms. The maximum Gasteiger partial charge on any atom is 0.300 e. The van der Waals surface area contributed by atoms with E-state index in [-0.39, 0.29) is 0 Å². The minimum atomic E-state index is -0.412. The molecule has 0 N–H and O–H groups in total. The number of nitrogens with zero attached hydrogens (tertiary/aromatic N) is 2. The lowest BCUT2D eigenvalue weighted by atomic mass is 10.0. The Morgan fingerprint density at radius 3 is 2.85 bits per heavy atom. The van der Waals surface area contributed by atoms with Crippen molar-refractivity contribution in [2.75, 3.05) is 18.1 Å². The summed E-state index contributed by atoms with van der Waals surface area (Å²) in [6.45, 7) is 3.68. The number of rotatable bonds is 2. The van der Waals surface area contributed by atoms with E-state index in [1.165, 1.54) is 6.42 Å². The zero-order valence-corrected chi connectivity index (χ0v) is 13.0. The average Bonchev–Trinajstić information content (AvgIpc) is 2.67. The summed E-state index contributed by atoms with van der Waals surface area (Å²) < 4.78 is 0.697. The molecule has 106 valence electrons. The van der Waals surface area contributed by atoms with Crippen LogP contribution in [0, 0.1) is 0 Å². The molecule has 0 radical (unpaired) electrons. The fraction of sp³-hybridized carbons (Fsp3) is 0.467. The maximum atomic E-state index is 12.2. The zero-order valence-electron chi connectivity index (χ0n) is 11.4. The van der Waals surface area contributed by atoms with Gasteiger partial charge in [0, 0.05) is 17.1 Å². The normalized spacial score (nSPS) is 23.3. The van der Waals surface area contributed by atoms with Crippen LogP contribution in [0.4, 0.5) is 5.69 Å². The van der Waals surface area contributed by atoms with Crippen molar-refractivity contribution in [3.05, 3.63) is 28.2 Å². The van der Waals surface area contributed by atoms with Gasteiger partial charge in [-0.1, -0.05) is 12.5 Å². The third-order valence-electron chi connectivity index (χ3n) is 4.21. The molecule has 0 aliphatic carbocycles. The van der Waals surface area contributed by atoms with Crippen molar-refractivity contribution in [3.8, 4) is 0 Å². The first-order chi connectivity index (χ1) is 9.59. The Kier molecular flexibility index (Phi) is 3.65. The minimum absolute atomic E-state index is 0.405. The summed E-state index contributed by atoms with van der Waals surface area (Å²) in [5.74, 6) is -0.818. The molecule has 1 fully saturated rings. The van der Waals surface area contributed by atoms with Crippen molar-refractivity contribution in [3.63, 3.8) is 0 Å². The first-order valence-corrected chi connectivity index (χ1v) is 7.77. The second-order valence-electron chi connectivity index (χ2n) is 5.49. The lowest BCUT2D eigenvalue weighted by Gasteiger charge is -2.36. The van der Waals surface area contributed by atoms with Gasteiger partial charge in [-0.05, 0) is 47.8 Å². The maximum absolute atomic E-state index is 12.2. The quantitative estimate of drug-likeness (QED) is 0.779. The standard InChI is InChI=1S/C15H17BrN2O2/c1-10-5-2-3-8-17(10)9-18-12-7-4-6-11(16)13(12)14(19)15(18)20/h4,6-7,10H,2-3,5,8-9H2,1H3/t10-/m0/s1. The number of halogens is 1. The van der Waals surface area contributed by atoms with Gasteiger partial charge in [-0.15, -0.1) is 0 Å². The molecule has 0 aromatic heterocycles. The first kappa shape index (κ1) is 13.8. The molecule has 20 heavy (non-hydrogen) atoms. The molecule has 1 aromatic carbocycles. The Morgan fingerprint density at radius 2 is 2.10 bits per heavy atom. The van der Waals surface area contributed by atoms with Gasteiger partial charge in [0.15, 0.2) is 0 Å². The van der Waals surface area contributed by atoms with Gasteiger partial charge in [0.1, 0.15) is 0 Å². The van der Waals surface area contributed by atoms with Crippen LogP contribution in [0.2, 0.25) is 0 Å². The zero-order chi connectivity index (χ0) is 14.3. The largest absolute Gasteiger partial charge is 0.300 e. The number of benzene rings is 1. The van der Waals surface area contributed by atoms with E-state index >= 15 is 0 Å². The molecular weight excluding hydrogens is 320 g/mol. The van der Waals surface area contributed by atoms with Crippen LogP contribution in [0.1, 0.15) is 36.5 Å². The number of fused-ring (bicyclic) bond motifs is 1. The molecule has 4 nitrogen and oxygen atoms in total. The molecule has 1 aromatic rings. The molecule has 0 bridgehead atoms. The highest BCUT2D eigenvalue weighted by Gasteiger charge is 2.38. The van der Waals surface area contributed by atoms with Gasteiger partial charge in [0.25, 0.3) is 5.78 Å². The highest BCUT2D eigenvalue weighted by atomic mass is 79.9. The third kappa shape index (κ3) is 2.19. The van der Waals surface area contributed by atoms with E-state index in [1.807, 2.05) is 12.1 Å². The van der Waals surface area contributed by atoms with Crippen molar-refractivity contribution in [1.29, 1.82) is 0 Å². The molecule has 1 saturated heterocycles. The number of likely N-dealkylation sites (tertiary alicyclic amines) is 1. The summed E-state index contributed by atoms with van der Waals surface area (Å²) in [5, 5.41) is 0. The number of hydrogen-bond acceptors (Lipinski definition) is 3. The van der Waals surface area contributed by atoms with E-state index in [4.69, 9.17) is 0 Å². The number of ketones is 1. The topological polar surface area (TPSA) is 40.6 Å². The molecule has 2 aliphatic heterocycles. The number of anilines is 1. The van der Waals surface area contributed by atoms with Gasteiger partial charge in [0.05, 0.1) is 17.9 Å². The Morgan fingerprint density at radius 1 is 1.30 bits per heavy atom. The number of amides is 1. The highest BCUT2D eigenvalue weighted by molar-refractivity contribution is 9.10. The van der Waals surface area contributed by atoms with E-state index in [9.17, 15) is 9.59 Å². The van der Waals surface area contributed by atoms with Crippen molar-refractivity contribution in [2.45, 2.75) is 32.2 Å². The van der Waals surface area contributed by atoms with Crippen LogP contribution >= 0.6 is 15.9 Å². The van der Waals surface area contributed by atoms with Gasteiger partial charge in [-0.2, -0.15) is 0 Å². The lowest BCUT2D eigenvalue weighted by molar-refractivity contribution is -0.114. The van der Waals surface area contributed by atoms with E-state index in [1.54, 1.807) is 11.0 Å². The Labute approximate surface area is 126 Å². The molecule has 2 heterocycles. The fourth-order valence-electron chi connectivity index (χ4n) is 2.99. The SMILES string of the molecule is C[C@H]1CCCCN1CN1C(=O)C(=O)c2c(Br)cccc21. The van der Waals surface area contributed by atoms with E-state index < -0.39 is 11.7 Å². The number of hydrogen-bond donors (Lipinski definition) is 0. The summed E-state index contributed by atoms with van der Waals surface area (Å²) in [5.41, 5.74) is 1.23. The van der Waals surface area contributed by atoms with E-state index in [2.05, 4.69) is 27.8 Å². The number of piperidine rings is 1. The smallest absolute Gasteiger partial charge is 0.291 e. The summed E-state index contributed by atoms with van der Waals surface area (Å²) >= 11 is 3.37. The average molecular weight is 337 g/mol. The van der Waals surface area contributed by atoms with Gasteiger partial charge >= 0.3 is 5.91 Å². The predicted octanol–water partition coefficient (Wildman–Crippen LogP) is 2.81. The van der Waals surface area contributed by atoms with Crippen molar-refractivity contribution < 1.29 is 9.59 Å². The van der Waals surface area contributed by atoms with Gasteiger partial charge in [-0.25, -0.2) is 0 Å². The predicted molar refractivity (Wildman–Crippen MR) is 80.8 cm³/mol. The summed E-state index contributed by atoms with van der Waals surface area (Å²) in [4.78, 5) is 28.2. The summed E-state index contributed by atoms with van der Waals surface area (Å²) in [6, 6.07) is 5.97. The molecule has 1 amide bonds. The first-order valence-electron chi connectivity index (χ1n) is 6.98. The minimum Gasteiger partial charge on any atom is -0.291 e. The van der Waals surface area contributed by atoms with Crippen LogP contribution < -0.4 is 4.90 Å². The van der Waals surface area contributed by atoms with E-state index in [0.717, 1.165) is 25.1 Å². The molecular formula is C15H17BrN2O2. The number of carbonyl (C=O) groups is 2. The molecule has 3 rings (SSSR count). The fourth-order valence-corrected chi connectivity index (χ4v) is 3.53. The lowest BCUT2D eigenvalue weighted by Crippen LogP contribution is -2.46. The van der Waals surface area contributed by atoms with Gasteiger partial charge < -0.3 is 0 Å². The van der Waals surface area contributed by atoms with Crippen LogP contribution in [-0.2, 0) is 4.79 Å². The van der Waals surface area contributed by atoms with Crippen LogP contribution in [0.5, 0.6) is 0 Å². The van der Waals surface area contributed by atoms with Crippen molar-refractivity contribution in [2.24, 2.45) is 0 Å². The highest BCUT2D eigenvalue weighted by Crippen LogP contribution is 2.34. The summed E-state index contributed by atoms with van der Waals surface area (Å²) in [7, 11) is 0.